The Kier molecular flexibility index (Phi) is 9.57. The van der Waals surface area contributed by atoms with Gasteiger partial charge in [-0.2, -0.15) is 5.26 Å². The van der Waals surface area contributed by atoms with E-state index in [1.807, 2.05) is 89.5 Å². The van der Waals surface area contributed by atoms with Gasteiger partial charge in [-0.15, -0.1) is 11.3 Å². The summed E-state index contributed by atoms with van der Waals surface area (Å²) in [7, 11) is 2.01. The molecule has 2 aromatic heterocycles. The lowest BCUT2D eigenvalue weighted by Crippen LogP contribution is -1.95. The molecule has 0 amide bonds. The fraction of sp³-hybridized carbons (Fsp3) is 0.292. The Bertz CT molecular complexity index is 1100. The lowest BCUT2D eigenvalue weighted by Gasteiger charge is -2.08. The number of halogens is 1. The van der Waals surface area contributed by atoms with Gasteiger partial charge in [0.25, 0.3) is 0 Å². The first kappa shape index (κ1) is 24.9. The van der Waals surface area contributed by atoms with Crippen LogP contribution in [-0.4, -0.2) is 14.5 Å². The van der Waals surface area contributed by atoms with E-state index in [2.05, 4.69) is 15.6 Å². The van der Waals surface area contributed by atoms with Gasteiger partial charge in [-0.05, 0) is 50.6 Å². The first-order chi connectivity index (χ1) is 14.9. The predicted octanol–water partition coefficient (Wildman–Crippen LogP) is 7.80. The number of allylic oxidation sites excluding steroid dienone is 4. The smallest absolute Gasteiger partial charge is 0.160 e. The van der Waals surface area contributed by atoms with Crippen molar-refractivity contribution >= 4 is 40.3 Å². The van der Waals surface area contributed by atoms with Gasteiger partial charge in [-0.25, -0.2) is 9.97 Å². The average Bonchev–Trinajstić information content (AvgIpc) is 3.35. The van der Waals surface area contributed by atoms with Gasteiger partial charge in [0.05, 0.1) is 17.0 Å². The maximum absolute atomic E-state index is 9.10. The number of aryl methyl sites for hydroxylation is 1. The summed E-state index contributed by atoms with van der Waals surface area (Å²) in [4.78, 5) is 10.6. The van der Waals surface area contributed by atoms with Gasteiger partial charge in [0.1, 0.15) is 16.4 Å². The van der Waals surface area contributed by atoms with E-state index in [1.165, 1.54) is 0 Å². The normalized spacial score (nSPS) is 12.4. The average molecular weight is 471 g/mol. The molecule has 0 N–H and O–H groups in total. The molecule has 1 atom stereocenters. The highest BCUT2D eigenvalue weighted by molar-refractivity contribution is 7.99. The van der Waals surface area contributed by atoms with E-state index in [4.69, 9.17) is 21.8 Å². The summed E-state index contributed by atoms with van der Waals surface area (Å²) in [6, 6.07) is 10.0. The van der Waals surface area contributed by atoms with Crippen molar-refractivity contribution in [2.75, 3.05) is 0 Å². The Morgan fingerprint density at radius 1 is 1.26 bits per heavy atom. The number of hydrogen-bond donors (Lipinski definition) is 0. The molecule has 0 saturated heterocycles. The van der Waals surface area contributed by atoms with Crippen LogP contribution in [0.4, 0.5) is 0 Å². The van der Waals surface area contributed by atoms with E-state index in [0.717, 1.165) is 37.7 Å². The highest BCUT2D eigenvalue weighted by Gasteiger charge is 2.20. The van der Waals surface area contributed by atoms with Gasteiger partial charge in [0.2, 0.25) is 0 Å². The lowest BCUT2D eigenvalue weighted by atomic mass is 10.1. The van der Waals surface area contributed by atoms with Crippen LogP contribution in [0.15, 0.2) is 57.8 Å². The quantitative estimate of drug-likeness (QED) is 0.345. The van der Waals surface area contributed by atoms with E-state index in [9.17, 15) is 0 Å². The van der Waals surface area contributed by atoms with Gasteiger partial charge in [-0.3, -0.25) is 0 Å². The first-order valence-electron chi connectivity index (χ1n) is 10.1. The lowest BCUT2D eigenvalue weighted by molar-refractivity contribution is 0.828. The molecule has 1 unspecified atom stereocenters. The topological polar surface area (TPSA) is 54.5 Å². The van der Waals surface area contributed by atoms with Gasteiger partial charge >= 0.3 is 0 Å². The molecule has 1 aromatic carbocycles. The van der Waals surface area contributed by atoms with Crippen molar-refractivity contribution < 1.29 is 0 Å². The summed E-state index contributed by atoms with van der Waals surface area (Å²) in [5.41, 5.74) is 2.71. The Hall–Kier alpha value is -2.33. The second kappa shape index (κ2) is 11.9. The molecule has 0 spiro atoms. The van der Waals surface area contributed by atoms with Crippen LogP contribution in [0.1, 0.15) is 38.4 Å². The van der Waals surface area contributed by atoms with E-state index >= 15 is 0 Å². The third kappa shape index (κ3) is 6.33. The highest BCUT2D eigenvalue weighted by Crippen LogP contribution is 2.37. The van der Waals surface area contributed by atoms with Gasteiger partial charge < -0.3 is 4.57 Å². The van der Waals surface area contributed by atoms with Gasteiger partial charge in [0.15, 0.2) is 5.82 Å². The van der Waals surface area contributed by atoms with Crippen molar-refractivity contribution in [1.82, 2.24) is 14.5 Å². The molecule has 0 fully saturated rings. The second-order valence-electron chi connectivity index (χ2n) is 6.48. The molecule has 0 aliphatic rings. The zero-order valence-electron chi connectivity index (χ0n) is 18.7. The SMILES string of the molecule is C/C=C(\C=C/C(C)C#N)c1nc(-c2csc(C)n2)n(C)c1Sc1ccc(Cl)cc1.CC. The van der Waals surface area contributed by atoms with Gasteiger partial charge in [0, 0.05) is 22.3 Å². The number of nitriles is 1. The zero-order valence-corrected chi connectivity index (χ0v) is 21.1. The second-order valence-corrected chi connectivity index (χ2v) is 9.04. The Morgan fingerprint density at radius 2 is 1.94 bits per heavy atom. The molecule has 0 bridgehead atoms. The summed E-state index contributed by atoms with van der Waals surface area (Å²) in [6.45, 7) is 9.84. The summed E-state index contributed by atoms with van der Waals surface area (Å²) in [5, 5.41) is 13.9. The van der Waals surface area contributed by atoms with Crippen molar-refractivity contribution in [2.45, 2.75) is 44.5 Å². The van der Waals surface area contributed by atoms with E-state index < -0.39 is 0 Å². The van der Waals surface area contributed by atoms with E-state index in [0.29, 0.717) is 5.02 Å². The highest BCUT2D eigenvalue weighted by atomic mass is 35.5. The van der Waals surface area contributed by atoms with Crippen LogP contribution < -0.4 is 0 Å². The summed E-state index contributed by atoms with van der Waals surface area (Å²) in [6.07, 6.45) is 5.89. The number of aromatic nitrogens is 3. The molecule has 7 heteroatoms. The van der Waals surface area contributed by atoms with Crippen molar-refractivity contribution in [3.8, 4) is 17.6 Å². The molecule has 0 saturated carbocycles. The van der Waals surface area contributed by atoms with Crippen molar-refractivity contribution in [3.05, 3.63) is 63.6 Å². The maximum Gasteiger partial charge on any atom is 0.160 e. The van der Waals surface area contributed by atoms with E-state index in [1.54, 1.807) is 23.1 Å². The number of rotatable bonds is 6. The fourth-order valence-electron chi connectivity index (χ4n) is 2.70. The molecule has 3 aromatic rings. The number of hydrogen-bond acceptors (Lipinski definition) is 5. The fourth-order valence-corrected chi connectivity index (χ4v) is 4.40. The number of thiazole rings is 1. The molecule has 3 rings (SSSR count). The summed E-state index contributed by atoms with van der Waals surface area (Å²) >= 11 is 9.29. The Labute approximate surface area is 198 Å². The largest absolute Gasteiger partial charge is 0.320 e. The van der Waals surface area contributed by atoms with Crippen LogP contribution in [0.3, 0.4) is 0 Å². The third-order valence-electron chi connectivity index (χ3n) is 4.27. The minimum atomic E-state index is -0.165. The summed E-state index contributed by atoms with van der Waals surface area (Å²) < 4.78 is 2.08. The monoisotopic (exact) mass is 470 g/mol. The zero-order chi connectivity index (χ0) is 23.0. The molecule has 0 aliphatic carbocycles. The molecule has 162 valence electrons. The first-order valence-corrected chi connectivity index (χ1v) is 12.2. The molecule has 0 aliphatic heterocycles. The van der Waals surface area contributed by atoms with Crippen LogP contribution in [0.25, 0.3) is 17.1 Å². The van der Waals surface area contributed by atoms with Crippen molar-refractivity contribution in [3.63, 3.8) is 0 Å². The van der Waals surface area contributed by atoms with Crippen molar-refractivity contribution in [2.24, 2.45) is 13.0 Å². The van der Waals surface area contributed by atoms with Crippen molar-refractivity contribution in [1.29, 1.82) is 5.26 Å². The van der Waals surface area contributed by atoms with Crippen LogP contribution >= 0.6 is 34.7 Å². The molecule has 31 heavy (non-hydrogen) atoms. The minimum absolute atomic E-state index is 0.165. The number of imidazole rings is 1. The van der Waals surface area contributed by atoms with Crippen LogP contribution in [0, 0.1) is 24.2 Å². The van der Waals surface area contributed by atoms with Gasteiger partial charge in [-0.1, -0.05) is 55.4 Å². The minimum Gasteiger partial charge on any atom is -0.320 e. The third-order valence-corrected chi connectivity index (χ3v) is 6.47. The molecule has 2 heterocycles. The van der Waals surface area contributed by atoms with E-state index in [-0.39, 0.29) is 5.92 Å². The number of benzene rings is 1. The molecular formula is C24H27ClN4S2. The Morgan fingerprint density at radius 3 is 2.48 bits per heavy atom. The molecular weight excluding hydrogens is 444 g/mol. The maximum atomic E-state index is 9.10. The predicted molar refractivity (Wildman–Crippen MR) is 134 cm³/mol. The van der Waals surface area contributed by atoms with Crippen LogP contribution in [-0.2, 0) is 7.05 Å². The molecule has 0 radical (unpaired) electrons. The summed E-state index contributed by atoms with van der Waals surface area (Å²) in [5.74, 6) is 0.656. The Balaban J connectivity index is 0.00000166. The van der Waals surface area contributed by atoms with Crippen LogP contribution in [0.2, 0.25) is 5.02 Å². The molecule has 4 nitrogen and oxygen atoms in total. The number of nitrogens with zero attached hydrogens (tertiary/aromatic N) is 4. The standard InChI is InChI=1S/C22H21ClN4S2.C2H6/c1-5-16(7-6-14(2)12-24)20-22(29-18-10-8-17(23)9-11-18)27(4)21(26-20)19-13-28-15(3)25-19;1-2/h5-11,13-14H,1-4H3;1-2H3/b7-6-,16-5+;. The van der Waals surface area contributed by atoms with Crippen LogP contribution in [0.5, 0.6) is 0 Å².